The molecule has 0 aliphatic carbocycles. The van der Waals surface area contributed by atoms with Crippen molar-refractivity contribution in [3.05, 3.63) is 96.1 Å². The number of nitrogens with zero attached hydrogens (tertiary/aromatic N) is 3. The van der Waals surface area contributed by atoms with Crippen LogP contribution >= 0.6 is 0 Å². The Bertz CT molecular complexity index is 1220. The molecule has 7 heteroatoms. The predicted molar refractivity (Wildman–Crippen MR) is 128 cm³/mol. The molecule has 34 heavy (non-hydrogen) atoms. The number of ether oxygens (including phenoxy) is 2. The van der Waals surface area contributed by atoms with Crippen LogP contribution in [0, 0.1) is 5.92 Å². The molecule has 0 N–H and O–H groups in total. The van der Waals surface area contributed by atoms with Crippen molar-refractivity contribution < 1.29 is 19.1 Å². The third-order valence-electron chi connectivity index (χ3n) is 5.75. The van der Waals surface area contributed by atoms with Crippen molar-refractivity contribution in [1.29, 1.82) is 0 Å². The van der Waals surface area contributed by atoms with Gasteiger partial charge in [-0.3, -0.25) is 9.59 Å². The van der Waals surface area contributed by atoms with Crippen molar-refractivity contribution in [2.75, 3.05) is 13.2 Å². The first-order valence-corrected chi connectivity index (χ1v) is 11.4. The summed E-state index contributed by atoms with van der Waals surface area (Å²) < 4.78 is 12.5. The molecular weight excluding hydrogens is 430 g/mol. The third kappa shape index (κ3) is 4.69. The Labute approximate surface area is 198 Å². The first kappa shape index (κ1) is 23.2. The number of carbonyl (C=O) groups is 2. The van der Waals surface area contributed by atoms with Crippen LogP contribution in [0.15, 0.2) is 84.9 Å². The van der Waals surface area contributed by atoms with Crippen molar-refractivity contribution >= 4 is 23.0 Å². The maximum absolute atomic E-state index is 13.3. The van der Waals surface area contributed by atoms with E-state index in [2.05, 4.69) is 10.3 Å². The molecule has 3 aromatic carbocycles. The van der Waals surface area contributed by atoms with Gasteiger partial charge < -0.3 is 9.47 Å². The number of rotatable bonds is 9. The summed E-state index contributed by atoms with van der Waals surface area (Å²) in [6.07, 6.45) is 0. The Morgan fingerprint density at radius 2 is 1.29 bits per heavy atom. The molecule has 1 heterocycles. The van der Waals surface area contributed by atoms with Gasteiger partial charge in [-0.25, -0.2) is 4.68 Å². The van der Waals surface area contributed by atoms with Crippen molar-refractivity contribution in [3.63, 3.8) is 0 Å². The van der Waals surface area contributed by atoms with Gasteiger partial charge in [0.1, 0.15) is 5.52 Å². The van der Waals surface area contributed by atoms with Gasteiger partial charge in [-0.1, -0.05) is 78.0 Å². The van der Waals surface area contributed by atoms with Crippen LogP contribution in [0.25, 0.3) is 11.0 Å². The molecule has 2 atom stereocenters. The van der Waals surface area contributed by atoms with Crippen molar-refractivity contribution in [2.24, 2.45) is 5.92 Å². The summed E-state index contributed by atoms with van der Waals surface area (Å²) in [5.41, 5.74) is 3.19. The van der Waals surface area contributed by atoms with Gasteiger partial charge in [0.05, 0.1) is 24.8 Å². The molecule has 0 bridgehead atoms. The average Bonchev–Trinajstić information content (AvgIpc) is 3.29. The fourth-order valence-corrected chi connectivity index (χ4v) is 4.33. The highest BCUT2D eigenvalue weighted by molar-refractivity contribution is 5.96. The number of carbonyl (C=O) groups excluding carboxylic acids is 2. The number of hydrogen-bond donors (Lipinski definition) is 0. The van der Waals surface area contributed by atoms with Gasteiger partial charge in [-0.05, 0) is 37.1 Å². The molecular formula is C27H27N3O4. The zero-order chi connectivity index (χ0) is 23.9. The Kier molecular flexibility index (Phi) is 7.32. The summed E-state index contributed by atoms with van der Waals surface area (Å²) in [5, 5.41) is 8.82. The smallest absolute Gasteiger partial charge is 0.321 e. The molecule has 0 saturated carbocycles. The van der Waals surface area contributed by atoms with E-state index < -0.39 is 29.8 Å². The van der Waals surface area contributed by atoms with Gasteiger partial charge >= 0.3 is 11.9 Å². The lowest BCUT2D eigenvalue weighted by molar-refractivity contribution is -0.163. The van der Waals surface area contributed by atoms with Crippen molar-refractivity contribution in [1.82, 2.24) is 15.0 Å². The molecule has 7 nitrogen and oxygen atoms in total. The second-order valence-corrected chi connectivity index (χ2v) is 7.80. The first-order valence-electron chi connectivity index (χ1n) is 11.4. The van der Waals surface area contributed by atoms with E-state index in [-0.39, 0.29) is 13.2 Å². The molecule has 2 unspecified atom stereocenters. The van der Waals surface area contributed by atoms with E-state index in [1.807, 2.05) is 84.9 Å². The van der Waals surface area contributed by atoms with Gasteiger partial charge in [0.15, 0.2) is 5.92 Å². The number of benzene rings is 3. The molecule has 4 aromatic rings. The molecule has 4 rings (SSSR count). The standard InChI is InChI=1S/C27H27N3O4/c1-3-33-26(31)24(27(32)34-4-2)23(19-13-7-5-8-14-19)25(20-15-9-6-10-16-20)30-22-18-12-11-17-21(22)28-29-30/h5-18,23-25H,3-4H2,1-2H3. The van der Waals surface area contributed by atoms with Gasteiger partial charge in [0, 0.05) is 5.92 Å². The van der Waals surface area contributed by atoms with E-state index in [4.69, 9.17) is 9.47 Å². The van der Waals surface area contributed by atoms with Crippen LogP contribution in [-0.2, 0) is 19.1 Å². The number of fused-ring (bicyclic) bond motifs is 1. The molecule has 0 saturated heterocycles. The lowest BCUT2D eigenvalue weighted by Crippen LogP contribution is -2.38. The molecule has 1 aromatic heterocycles. The second kappa shape index (κ2) is 10.7. The van der Waals surface area contributed by atoms with Gasteiger partial charge in [-0.15, -0.1) is 5.10 Å². The first-order chi connectivity index (χ1) is 16.7. The Balaban J connectivity index is 1.99. The molecule has 0 aliphatic heterocycles. The molecule has 0 radical (unpaired) electrons. The van der Waals surface area contributed by atoms with Crippen LogP contribution < -0.4 is 0 Å². The molecule has 0 aliphatic rings. The van der Waals surface area contributed by atoms with Crippen LogP contribution in [0.4, 0.5) is 0 Å². The fourth-order valence-electron chi connectivity index (χ4n) is 4.33. The van der Waals surface area contributed by atoms with E-state index in [1.54, 1.807) is 18.5 Å². The summed E-state index contributed by atoms with van der Waals surface area (Å²) in [7, 11) is 0. The highest BCUT2D eigenvalue weighted by Crippen LogP contribution is 2.42. The highest BCUT2D eigenvalue weighted by atomic mass is 16.6. The van der Waals surface area contributed by atoms with Crippen LogP contribution in [0.3, 0.4) is 0 Å². The zero-order valence-corrected chi connectivity index (χ0v) is 19.2. The van der Waals surface area contributed by atoms with E-state index in [9.17, 15) is 9.59 Å². The number of hydrogen-bond acceptors (Lipinski definition) is 6. The van der Waals surface area contributed by atoms with Gasteiger partial charge in [0.25, 0.3) is 0 Å². The topological polar surface area (TPSA) is 83.3 Å². The summed E-state index contributed by atoms with van der Waals surface area (Å²) in [6, 6.07) is 26.3. The SMILES string of the molecule is CCOC(=O)C(C(=O)OCC)C(c1ccccc1)C(c1ccccc1)n1nnc2ccccc21. The average molecular weight is 458 g/mol. The minimum Gasteiger partial charge on any atom is -0.465 e. The van der Waals surface area contributed by atoms with Gasteiger partial charge in [-0.2, -0.15) is 0 Å². The second-order valence-electron chi connectivity index (χ2n) is 7.80. The maximum atomic E-state index is 13.3. The Hall–Kier alpha value is -4.00. The summed E-state index contributed by atoms with van der Waals surface area (Å²) in [4.78, 5) is 26.5. The predicted octanol–water partition coefficient (Wildman–Crippen LogP) is 4.55. The fraction of sp³-hybridized carbons (Fsp3) is 0.259. The Morgan fingerprint density at radius 1 is 0.765 bits per heavy atom. The lowest BCUT2D eigenvalue weighted by Gasteiger charge is -2.32. The monoisotopic (exact) mass is 457 g/mol. The van der Waals surface area contributed by atoms with Crippen LogP contribution in [-0.4, -0.2) is 40.1 Å². The summed E-state index contributed by atoms with van der Waals surface area (Å²) in [5.74, 6) is -3.11. The maximum Gasteiger partial charge on any atom is 0.321 e. The largest absolute Gasteiger partial charge is 0.465 e. The lowest BCUT2D eigenvalue weighted by atomic mass is 9.77. The van der Waals surface area contributed by atoms with Crippen molar-refractivity contribution in [3.8, 4) is 0 Å². The Morgan fingerprint density at radius 3 is 1.88 bits per heavy atom. The van der Waals surface area contributed by atoms with E-state index in [1.165, 1.54) is 0 Å². The third-order valence-corrected chi connectivity index (χ3v) is 5.75. The summed E-state index contributed by atoms with van der Waals surface area (Å²) in [6.45, 7) is 3.74. The van der Waals surface area contributed by atoms with E-state index >= 15 is 0 Å². The van der Waals surface area contributed by atoms with Crippen LogP contribution in [0.1, 0.15) is 36.9 Å². The zero-order valence-electron chi connectivity index (χ0n) is 19.2. The molecule has 0 amide bonds. The highest BCUT2D eigenvalue weighted by Gasteiger charge is 2.44. The van der Waals surface area contributed by atoms with Gasteiger partial charge in [0.2, 0.25) is 0 Å². The normalized spacial score (nSPS) is 12.9. The molecule has 174 valence electrons. The number of para-hydroxylation sites is 1. The summed E-state index contributed by atoms with van der Waals surface area (Å²) >= 11 is 0. The molecule has 0 spiro atoms. The van der Waals surface area contributed by atoms with Crippen molar-refractivity contribution in [2.45, 2.75) is 25.8 Å². The molecule has 0 fully saturated rings. The minimum absolute atomic E-state index is 0.151. The van der Waals surface area contributed by atoms with E-state index in [0.29, 0.717) is 0 Å². The number of aromatic nitrogens is 3. The number of esters is 2. The van der Waals surface area contributed by atoms with E-state index in [0.717, 1.165) is 22.2 Å². The van der Waals surface area contributed by atoms with Crippen LogP contribution in [0.5, 0.6) is 0 Å². The van der Waals surface area contributed by atoms with Crippen LogP contribution in [0.2, 0.25) is 0 Å². The minimum atomic E-state index is -1.20. The quantitative estimate of drug-likeness (QED) is 0.271.